The highest BCUT2D eigenvalue weighted by Gasteiger charge is 2.08. The Labute approximate surface area is 182 Å². The van der Waals surface area contributed by atoms with Crippen molar-refractivity contribution in [1.29, 1.82) is 0 Å². The third-order valence-corrected chi connectivity index (χ3v) is 4.62. The van der Waals surface area contributed by atoms with Crippen molar-refractivity contribution in [3.05, 3.63) is 100 Å². The summed E-state index contributed by atoms with van der Waals surface area (Å²) in [6, 6.07) is 23.5. The molecular formula is C25H28N4O2. The summed E-state index contributed by atoms with van der Waals surface area (Å²) in [7, 11) is 0. The van der Waals surface area contributed by atoms with E-state index in [1.54, 1.807) is 6.07 Å². The minimum atomic E-state index is -0.227. The first-order chi connectivity index (χ1) is 15.3. The third-order valence-electron chi connectivity index (χ3n) is 4.62. The second-order valence-electron chi connectivity index (χ2n) is 6.72. The Morgan fingerprint density at radius 1 is 0.871 bits per heavy atom. The molecule has 0 spiro atoms. The molecule has 2 aromatic heterocycles. The van der Waals surface area contributed by atoms with Crippen LogP contribution in [0.3, 0.4) is 0 Å². The maximum Gasteiger partial charge on any atom is 0.272 e. The molecule has 0 aliphatic rings. The molecule has 4 rings (SSSR count). The lowest BCUT2D eigenvalue weighted by Crippen LogP contribution is -2.18. The average Bonchev–Trinajstić information content (AvgIpc) is 2.84. The zero-order chi connectivity index (χ0) is 21.9. The zero-order valence-corrected chi connectivity index (χ0v) is 18.0. The van der Waals surface area contributed by atoms with Gasteiger partial charge < -0.3 is 10.1 Å². The first kappa shape index (κ1) is 22.2. The molecule has 6 nitrogen and oxygen atoms in total. The van der Waals surface area contributed by atoms with E-state index in [2.05, 4.69) is 44.8 Å². The van der Waals surface area contributed by atoms with Crippen molar-refractivity contribution in [2.45, 2.75) is 33.4 Å². The van der Waals surface area contributed by atoms with Gasteiger partial charge in [-0.1, -0.05) is 62.4 Å². The normalized spacial score (nSPS) is 10.4. The van der Waals surface area contributed by atoms with Gasteiger partial charge >= 0.3 is 0 Å². The largest absolute Gasteiger partial charge is 0.470 e. The second kappa shape index (κ2) is 11.6. The van der Waals surface area contributed by atoms with Gasteiger partial charge in [0.05, 0.1) is 22.2 Å². The SMILES string of the molecule is CC.O=c1[nH]nc(OCc2cccc(CNCCc3ccccc3)n2)c2ccccc12. The van der Waals surface area contributed by atoms with E-state index < -0.39 is 0 Å². The number of nitrogens with zero attached hydrogens (tertiary/aromatic N) is 2. The Bertz CT molecular complexity index is 1140. The summed E-state index contributed by atoms with van der Waals surface area (Å²) >= 11 is 0. The predicted octanol–water partition coefficient (Wildman–Crippen LogP) is 4.26. The van der Waals surface area contributed by atoms with Gasteiger partial charge in [-0.3, -0.25) is 9.78 Å². The Morgan fingerprint density at radius 2 is 1.58 bits per heavy atom. The third kappa shape index (κ3) is 6.23. The Hall–Kier alpha value is -3.51. The highest BCUT2D eigenvalue weighted by atomic mass is 16.5. The van der Waals surface area contributed by atoms with Crippen LogP contribution in [0.5, 0.6) is 5.88 Å². The lowest BCUT2D eigenvalue weighted by molar-refractivity contribution is 0.289. The number of fused-ring (bicyclic) bond motifs is 1. The van der Waals surface area contributed by atoms with Crippen LogP contribution in [0.1, 0.15) is 30.8 Å². The number of benzene rings is 2. The lowest BCUT2D eigenvalue weighted by atomic mass is 10.1. The van der Waals surface area contributed by atoms with Crippen molar-refractivity contribution in [1.82, 2.24) is 20.5 Å². The number of aromatic nitrogens is 3. The summed E-state index contributed by atoms with van der Waals surface area (Å²) in [5, 5.41) is 11.2. The van der Waals surface area contributed by atoms with Crippen LogP contribution in [0.4, 0.5) is 0 Å². The highest BCUT2D eigenvalue weighted by Crippen LogP contribution is 2.19. The lowest BCUT2D eigenvalue weighted by Gasteiger charge is -2.09. The van der Waals surface area contributed by atoms with E-state index in [1.807, 2.05) is 56.3 Å². The molecule has 0 radical (unpaired) electrons. The molecular weight excluding hydrogens is 388 g/mol. The van der Waals surface area contributed by atoms with Crippen LogP contribution in [0.15, 0.2) is 77.6 Å². The number of nitrogens with one attached hydrogen (secondary N) is 2. The minimum Gasteiger partial charge on any atom is -0.470 e. The molecule has 0 unspecified atom stereocenters. The van der Waals surface area contributed by atoms with Gasteiger partial charge in [-0.15, -0.1) is 5.10 Å². The van der Waals surface area contributed by atoms with Crippen LogP contribution in [-0.4, -0.2) is 21.7 Å². The van der Waals surface area contributed by atoms with Gasteiger partial charge in [0.1, 0.15) is 6.61 Å². The molecule has 4 aromatic rings. The second-order valence-corrected chi connectivity index (χ2v) is 6.72. The molecule has 6 heteroatoms. The van der Waals surface area contributed by atoms with Crippen LogP contribution in [-0.2, 0) is 19.6 Å². The molecule has 0 aliphatic heterocycles. The fourth-order valence-corrected chi connectivity index (χ4v) is 3.14. The monoisotopic (exact) mass is 416 g/mol. The standard InChI is InChI=1S/C23H22N4O2.C2H6/c28-22-20-11-4-5-12-21(20)23(27-26-22)29-16-19-10-6-9-18(25-19)15-24-14-13-17-7-2-1-3-8-17;1-2/h1-12,24H,13-16H2,(H,26,28);1-2H3. The highest BCUT2D eigenvalue weighted by molar-refractivity contribution is 5.85. The number of H-pyrrole nitrogens is 1. The maximum atomic E-state index is 11.9. The molecule has 2 N–H and O–H groups in total. The van der Waals surface area contributed by atoms with Gasteiger partial charge in [-0.05, 0) is 42.8 Å². The first-order valence-electron chi connectivity index (χ1n) is 10.6. The summed E-state index contributed by atoms with van der Waals surface area (Å²) in [4.78, 5) is 16.5. The molecule has 0 atom stereocenters. The molecule has 31 heavy (non-hydrogen) atoms. The van der Waals surface area contributed by atoms with Crippen LogP contribution in [0.25, 0.3) is 10.8 Å². The summed E-state index contributed by atoms with van der Waals surface area (Å²) in [6.45, 7) is 5.86. The molecule has 0 aliphatic carbocycles. The molecule has 0 bridgehead atoms. The number of hydrogen-bond acceptors (Lipinski definition) is 5. The maximum absolute atomic E-state index is 11.9. The van der Waals surface area contributed by atoms with Crippen molar-refractivity contribution in [3.63, 3.8) is 0 Å². The summed E-state index contributed by atoms with van der Waals surface area (Å²) in [6.07, 6.45) is 0.981. The summed E-state index contributed by atoms with van der Waals surface area (Å²) in [5.74, 6) is 0.397. The van der Waals surface area contributed by atoms with Crippen molar-refractivity contribution in [3.8, 4) is 5.88 Å². The van der Waals surface area contributed by atoms with E-state index in [0.29, 0.717) is 23.2 Å². The van der Waals surface area contributed by atoms with Gasteiger partial charge in [0.15, 0.2) is 0 Å². The number of aromatic amines is 1. The number of rotatable bonds is 8. The van der Waals surface area contributed by atoms with E-state index in [4.69, 9.17) is 4.74 Å². The predicted molar refractivity (Wildman–Crippen MR) is 124 cm³/mol. The number of pyridine rings is 1. The van der Waals surface area contributed by atoms with Crippen molar-refractivity contribution >= 4 is 10.8 Å². The van der Waals surface area contributed by atoms with Crippen molar-refractivity contribution in [2.75, 3.05) is 6.54 Å². The minimum absolute atomic E-state index is 0.227. The zero-order valence-electron chi connectivity index (χ0n) is 18.0. The number of hydrogen-bond donors (Lipinski definition) is 2. The summed E-state index contributed by atoms with van der Waals surface area (Å²) in [5.41, 5.74) is 2.85. The van der Waals surface area contributed by atoms with E-state index in [9.17, 15) is 4.79 Å². The van der Waals surface area contributed by atoms with E-state index in [0.717, 1.165) is 24.4 Å². The number of ether oxygens (including phenoxy) is 1. The van der Waals surface area contributed by atoms with Crippen LogP contribution in [0.2, 0.25) is 0 Å². The Balaban J connectivity index is 0.00000132. The van der Waals surface area contributed by atoms with E-state index in [1.165, 1.54) is 5.56 Å². The van der Waals surface area contributed by atoms with Crippen molar-refractivity contribution in [2.24, 2.45) is 0 Å². The van der Waals surface area contributed by atoms with Crippen molar-refractivity contribution < 1.29 is 4.74 Å². The fraction of sp³-hybridized carbons (Fsp3) is 0.240. The van der Waals surface area contributed by atoms with Gasteiger partial charge in [-0.25, -0.2) is 5.10 Å². The smallest absolute Gasteiger partial charge is 0.272 e. The first-order valence-corrected chi connectivity index (χ1v) is 10.6. The van der Waals surface area contributed by atoms with Gasteiger partial charge in [0, 0.05) is 6.54 Å². The Morgan fingerprint density at radius 3 is 2.39 bits per heavy atom. The molecule has 0 saturated carbocycles. The summed E-state index contributed by atoms with van der Waals surface area (Å²) < 4.78 is 5.83. The quantitative estimate of drug-likeness (QED) is 0.420. The molecule has 160 valence electrons. The van der Waals surface area contributed by atoms with Crippen LogP contribution < -0.4 is 15.6 Å². The van der Waals surface area contributed by atoms with E-state index >= 15 is 0 Å². The van der Waals surface area contributed by atoms with Gasteiger partial charge in [0.2, 0.25) is 5.88 Å². The van der Waals surface area contributed by atoms with Crippen LogP contribution in [0, 0.1) is 0 Å². The average molecular weight is 417 g/mol. The van der Waals surface area contributed by atoms with E-state index in [-0.39, 0.29) is 12.2 Å². The topological polar surface area (TPSA) is 79.9 Å². The van der Waals surface area contributed by atoms with Gasteiger partial charge in [-0.2, -0.15) is 0 Å². The molecule has 2 aromatic carbocycles. The molecule has 2 heterocycles. The molecule has 0 saturated heterocycles. The molecule has 0 fully saturated rings. The Kier molecular flexibility index (Phi) is 8.31. The molecule has 0 amide bonds. The van der Waals surface area contributed by atoms with Crippen LogP contribution >= 0.6 is 0 Å². The van der Waals surface area contributed by atoms with Gasteiger partial charge in [0.25, 0.3) is 5.56 Å². The fourth-order valence-electron chi connectivity index (χ4n) is 3.14.